The third kappa shape index (κ3) is 2.74. The van der Waals surface area contributed by atoms with Crippen molar-refractivity contribution < 1.29 is 14.6 Å². The van der Waals surface area contributed by atoms with Gasteiger partial charge in [0.15, 0.2) is 11.5 Å². The van der Waals surface area contributed by atoms with E-state index in [4.69, 9.17) is 20.3 Å². The summed E-state index contributed by atoms with van der Waals surface area (Å²) in [5.41, 5.74) is 7.37. The molecule has 0 spiro atoms. The summed E-state index contributed by atoms with van der Waals surface area (Å²) >= 11 is 0. The molecule has 1 aliphatic rings. The van der Waals surface area contributed by atoms with Crippen LogP contribution in [0.2, 0.25) is 0 Å². The van der Waals surface area contributed by atoms with Gasteiger partial charge >= 0.3 is 0 Å². The standard InChI is InChI=1S/C12H18N2O3/c1-8(2-3-15)14-10-7-12-11(6-9(10)13)16-4-5-17-12/h6-8,14-15H,2-5,13H2,1H3. The normalized spacial score (nSPS) is 15.4. The zero-order chi connectivity index (χ0) is 12.3. The molecule has 0 fully saturated rings. The highest BCUT2D eigenvalue weighted by atomic mass is 16.6. The van der Waals surface area contributed by atoms with Gasteiger partial charge in [-0.05, 0) is 13.3 Å². The molecule has 0 amide bonds. The molecule has 94 valence electrons. The fourth-order valence-corrected chi connectivity index (χ4v) is 1.76. The first-order valence-electron chi connectivity index (χ1n) is 5.77. The van der Waals surface area contributed by atoms with E-state index in [9.17, 15) is 0 Å². The average Bonchev–Trinajstić information content (AvgIpc) is 2.30. The molecule has 1 aliphatic heterocycles. The maximum atomic E-state index is 8.86. The van der Waals surface area contributed by atoms with E-state index in [-0.39, 0.29) is 12.6 Å². The molecular formula is C12H18N2O3. The first-order valence-corrected chi connectivity index (χ1v) is 5.77. The van der Waals surface area contributed by atoms with E-state index < -0.39 is 0 Å². The van der Waals surface area contributed by atoms with Crippen LogP contribution in [0, 0.1) is 0 Å². The number of nitrogens with two attached hydrogens (primary N) is 1. The molecule has 17 heavy (non-hydrogen) atoms. The molecule has 1 heterocycles. The molecule has 0 aliphatic carbocycles. The minimum atomic E-state index is 0.151. The molecule has 1 aromatic rings. The summed E-state index contributed by atoms with van der Waals surface area (Å²) < 4.78 is 10.9. The molecule has 1 aromatic carbocycles. The Hall–Kier alpha value is -1.62. The van der Waals surface area contributed by atoms with Crippen molar-refractivity contribution in [2.24, 2.45) is 0 Å². The summed E-state index contributed by atoms with van der Waals surface area (Å²) in [6.45, 7) is 3.26. The molecule has 5 nitrogen and oxygen atoms in total. The SMILES string of the molecule is CC(CCO)Nc1cc2c(cc1N)OCCO2. The van der Waals surface area contributed by atoms with Crippen molar-refractivity contribution >= 4 is 11.4 Å². The number of nitrogen functional groups attached to an aromatic ring is 1. The van der Waals surface area contributed by atoms with Gasteiger partial charge in [-0.15, -0.1) is 0 Å². The number of aliphatic hydroxyl groups is 1. The molecule has 1 unspecified atom stereocenters. The number of fused-ring (bicyclic) bond motifs is 1. The first-order chi connectivity index (χ1) is 8.20. The maximum Gasteiger partial charge on any atom is 0.163 e. The molecule has 0 saturated carbocycles. The zero-order valence-electron chi connectivity index (χ0n) is 9.90. The van der Waals surface area contributed by atoms with Crippen molar-refractivity contribution in [2.45, 2.75) is 19.4 Å². The maximum absolute atomic E-state index is 8.86. The summed E-state index contributed by atoms with van der Waals surface area (Å²) in [5, 5.41) is 12.1. The lowest BCUT2D eigenvalue weighted by atomic mass is 10.2. The van der Waals surface area contributed by atoms with Gasteiger partial charge in [-0.2, -0.15) is 0 Å². The Labute approximate surface area is 101 Å². The van der Waals surface area contributed by atoms with Gasteiger partial charge in [0.2, 0.25) is 0 Å². The van der Waals surface area contributed by atoms with E-state index in [0.29, 0.717) is 36.8 Å². The van der Waals surface area contributed by atoms with Crippen LogP contribution in [0.3, 0.4) is 0 Å². The van der Waals surface area contributed by atoms with E-state index in [1.165, 1.54) is 0 Å². The third-order valence-electron chi connectivity index (χ3n) is 2.68. The van der Waals surface area contributed by atoms with Crippen molar-refractivity contribution in [3.8, 4) is 11.5 Å². The highest BCUT2D eigenvalue weighted by Crippen LogP contribution is 2.37. The van der Waals surface area contributed by atoms with Crippen LogP contribution in [-0.2, 0) is 0 Å². The molecule has 0 radical (unpaired) electrons. The number of aliphatic hydroxyl groups excluding tert-OH is 1. The van der Waals surface area contributed by atoms with Gasteiger partial charge in [0, 0.05) is 24.8 Å². The number of rotatable bonds is 4. The smallest absolute Gasteiger partial charge is 0.163 e. The summed E-state index contributed by atoms with van der Waals surface area (Å²) in [6.07, 6.45) is 0.674. The second-order valence-electron chi connectivity index (χ2n) is 4.14. The molecule has 1 atom stereocenters. The second kappa shape index (κ2) is 5.14. The van der Waals surface area contributed by atoms with Crippen molar-refractivity contribution in [1.29, 1.82) is 0 Å². The van der Waals surface area contributed by atoms with Crippen LogP contribution in [0.25, 0.3) is 0 Å². The van der Waals surface area contributed by atoms with Crippen molar-refractivity contribution in [3.05, 3.63) is 12.1 Å². The fraction of sp³-hybridized carbons (Fsp3) is 0.500. The largest absolute Gasteiger partial charge is 0.486 e. The lowest BCUT2D eigenvalue weighted by Gasteiger charge is -2.22. The summed E-state index contributed by atoms with van der Waals surface area (Å²) in [4.78, 5) is 0. The first kappa shape index (κ1) is 11.9. The second-order valence-corrected chi connectivity index (χ2v) is 4.14. The van der Waals surface area contributed by atoms with E-state index >= 15 is 0 Å². The molecule has 2 rings (SSSR count). The molecule has 4 N–H and O–H groups in total. The minimum Gasteiger partial charge on any atom is -0.486 e. The van der Waals surface area contributed by atoms with Gasteiger partial charge < -0.3 is 25.6 Å². The quantitative estimate of drug-likeness (QED) is 0.688. The van der Waals surface area contributed by atoms with Crippen molar-refractivity contribution in [3.63, 3.8) is 0 Å². The Balaban J connectivity index is 2.16. The summed E-state index contributed by atoms with van der Waals surface area (Å²) in [7, 11) is 0. The Morgan fingerprint density at radius 1 is 1.35 bits per heavy atom. The number of nitrogens with one attached hydrogen (secondary N) is 1. The van der Waals surface area contributed by atoms with Crippen LogP contribution in [-0.4, -0.2) is 31.0 Å². The molecule has 5 heteroatoms. The fourth-order valence-electron chi connectivity index (χ4n) is 1.76. The van der Waals surface area contributed by atoms with Crippen molar-refractivity contribution in [2.75, 3.05) is 30.9 Å². The Morgan fingerprint density at radius 2 is 2.00 bits per heavy atom. The molecule has 0 bridgehead atoms. The van der Waals surface area contributed by atoms with E-state index in [0.717, 1.165) is 5.69 Å². The van der Waals surface area contributed by atoms with E-state index in [1.807, 2.05) is 13.0 Å². The van der Waals surface area contributed by atoms with Crippen molar-refractivity contribution in [1.82, 2.24) is 0 Å². The van der Waals surface area contributed by atoms with Gasteiger partial charge in [-0.1, -0.05) is 0 Å². The number of ether oxygens (including phenoxy) is 2. The number of hydrogen-bond acceptors (Lipinski definition) is 5. The number of hydrogen-bond donors (Lipinski definition) is 3. The Morgan fingerprint density at radius 3 is 2.65 bits per heavy atom. The summed E-state index contributed by atoms with van der Waals surface area (Å²) in [5.74, 6) is 1.40. The number of benzene rings is 1. The topological polar surface area (TPSA) is 76.7 Å². The van der Waals surface area contributed by atoms with Crippen LogP contribution in [0.15, 0.2) is 12.1 Å². The molecular weight excluding hydrogens is 220 g/mol. The van der Waals surface area contributed by atoms with Crippen LogP contribution in [0.1, 0.15) is 13.3 Å². The molecule has 0 aromatic heterocycles. The van der Waals surface area contributed by atoms with Gasteiger partial charge in [0.05, 0.1) is 11.4 Å². The highest BCUT2D eigenvalue weighted by molar-refractivity contribution is 5.72. The highest BCUT2D eigenvalue weighted by Gasteiger charge is 2.15. The Kier molecular flexibility index (Phi) is 3.58. The van der Waals surface area contributed by atoms with Crippen LogP contribution in [0.5, 0.6) is 11.5 Å². The lowest BCUT2D eigenvalue weighted by Crippen LogP contribution is -2.19. The van der Waals surface area contributed by atoms with Crippen LogP contribution < -0.4 is 20.5 Å². The van der Waals surface area contributed by atoms with E-state index in [2.05, 4.69) is 5.32 Å². The monoisotopic (exact) mass is 238 g/mol. The predicted octanol–water partition coefficient (Wildman–Crippen LogP) is 1.22. The average molecular weight is 238 g/mol. The molecule has 0 saturated heterocycles. The summed E-state index contributed by atoms with van der Waals surface area (Å²) in [6, 6.07) is 3.77. The number of anilines is 2. The third-order valence-corrected chi connectivity index (χ3v) is 2.68. The minimum absolute atomic E-state index is 0.151. The van der Waals surface area contributed by atoms with Crippen LogP contribution >= 0.6 is 0 Å². The predicted molar refractivity (Wildman–Crippen MR) is 66.6 cm³/mol. The van der Waals surface area contributed by atoms with Gasteiger partial charge in [-0.3, -0.25) is 0 Å². The van der Waals surface area contributed by atoms with Gasteiger partial charge in [0.1, 0.15) is 13.2 Å². The zero-order valence-corrected chi connectivity index (χ0v) is 9.90. The Bertz CT molecular complexity index is 396. The lowest BCUT2D eigenvalue weighted by molar-refractivity contribution is 0.172. The van der Waals surface area contributed by atoms with Gasteiger partial charge in [0.25, 0.3) is 0 Å². The van der Waals surface area contributed by atoms with E-state index in [1.54, 1.807) is 6.07 Å². The van der Waals surface area contributed by atoms with Gasteiger partial charge in [-0.25, -0.2) is 0 Å². The van der Waals surface area contributed by atoms with Crippen LogP contribution in [0.4, 0.5) is 11.4 Å².